The topological polar surface area (TPSA) is 208 Å². The van der Waals surface area contributed by atoms with Crippen molar-refractivity contribution in [2.24, 2.45) is 11.8 Å². The van der Waals surface area contributed by atoms with E-state index in [1.165, 1.54) is 38.0 Å². The van der Waals surface area contributed by atoms with Crippen molar-refractivity contribution in [2.45, 2.75) is 71.0 Å². The fraction of sp³-hybridized carbons (Fsp3) is 0.425. The van der Waals surface area contributed by atoms with Gasteiger partial charge in [-0.25, -0.2) is 19.7 Å². The summed E-state index contributed by atoms with van der Waals surface area (Å²) in [7, 11) is 1.24. The molecule has 1 aliphatic heterocycles. The lowest BCUT2D eigenvalue weighted by molar-refractivity contribution is -0.337. The zero-order valence-corrected chi connectivity index (χ0v) is 34.0. The summed E-state index contributed by atoms with van der Waals surface area (Å²) in [6.45, 7) is 6.84. The van der Waals surface area contributed by atoms with E-state index < -0.39 is 30.5 Å². The summed E-state index contributed by atoms with van der Waals surface area (Å²) in [6.07, 6.45) is 4.66. The lowest BCUT2D eigenvalue weighted by atomic mass is 9.86. The number of aromatic amines is 2. The van der Waals surface area contributed by atoms with Crippen LogP contribution in [0.5, 0.6) is 0 Å². The molecule has 0 radical (unpaired) electrons. The number of hydrogen-bond acceptors (Lipinski definition) is 10. The van der Waals surface area contributed by atoms with Crippen molar-refractivity contribution in [3.8, 4) is 0 Å². The summed E-state index contributed by atoms with van der Waals surface area (Å²) < 4.78 is 50.5. The molecule has 6 rings (SSSR count). The maximum absolute atomic E-state index is 13.7. The second-order valence-electron chi connectivity index (χ2n) is 15.0. The fourth-order valence-corrected chi connectivity index (χ4v) is 7.51. The first kappa shape index (κ1) is 43.6. The van der Waals surface area contributed by atoms with Gasteiger partial charge < -0.3 is 40.9 Å². The van der Waals surface area contributed by atoms with E-state index in [1.54, 1.807) is 29.3 Å². The number of allylic oxidation sites excluding steroid dienone is 5. The molecule has 3 aromatic heterocycles. The van der Waals surface area contributed by atoms with Crippen LogP contribution in [0.4, 0.5) is 23.8 Å². The van der Waals surface area contributed by atoms with Crippen molar-refractivity contribution in [1.82, 2.24) is 45.8 Å². The van der Waals surface area contributed by atoms with Gasteiger partial charge in [-0.05, 0) is 66.0 Å². The number of methoxy groups -OCH3 is 1. The number of hydrogen-bond donors (Lipinski definition) is 6. The average Bonchev–Trinajstić information content (AvgIpc) is 4.01. The number of nitrogens with zero attached hydrogens (tertiary/aromatic N) is 4. The number of nitrogens with one attached hydrogen (secondary N) is 6. The third-order valence-electron chi connectivity index (χ3n) is 10.3. The Bertz CT molecular complexity index is 2180. The number of imidazole rings is 2. The number of halogens is 4. The molecule has 1 saturated heterocycles. The molecule has 4 heterocycles. The molecule has 20 heteroatoms. The maximum atomic E-state index is 13.7. The SMILES string of the molecule is COC(=O)NC(C(=O)N1CC(C)CC1c1ncc(C2=CC=C(C3=CC(Cl)=C(NC(=O)c4ccc(NCCNC(=O)c5cnc[nH]5)nc4)CC3OC(F)(F)F)CC2)[nH]1)C(C)C. The van der Waals surface area contributed by atoms with Crippen LogP contribution in [0.3, 0.4) is 0 Å². The van der Waals surface area contributed by atoms with E-state index in [1.807, 2.05) is 20.8 Å². The predicted octanol–water partition coefficient (Wildman–Crippen LogP) is 5.88. The van der Waals surface area contributed by atoms with Crippen LogP contribution < -0.4 is 21.3 Å². The molecule has 0 spiro atoms. The second-order valence-corrected chi connectivity index (χ2v) is 15.4. The number of ether oxygens (including phenoxy) is 2. The molecule has 60 heavy (non-hydrogen) atoms. The molecule has 320 valence electrons. The molecule has 2 aliphatic carbocycles. The van der Waals surface area contributed by atoms with Crippen LogP contribution in [0.1, 0.15) is 84.9 Å². The lowest BCUT2D eigenvalue weighted by Gasteiger charge is -2.30. The van der Waals surface area contributed by atoms with Crippen LogP contribution in [0.25, 0.3) is 5.57 Å². The number of amides is 4. The van der Waals surface area contributed by atoms with Gasteiger partial charge in [-0.3, -0.25) is 19.1 Å². The second kappa shape index (κ2) is 19.0. The zero-order chi connectivity index (χ0) is 43.1. The third kappa shape index (κ3) is 10.8. The largest absolute Gasteiger partial charge is 0.523 e. The molecule has 3 aliphatic rings. The molecule has 6 N–H and O–H groups in total. The van der Waals surface area contributed by atoms with Crippen LogP contribution >= 0.6 is 11.6 Å². The minimum atomic E-state index is -4.97. The average molecular weight is 855 g/mol. The molecule has 16 nitrogen and oxygen atoms in total. The molecule has 0 bridgehead atoms. The van der Waals surface area contributed by atoms with E-state index in [0.717, 1.165) is 5.57 Å². The van der Waals surface area contributed by atoms with Gasteiger partial charge in [0.15, 0.2) is 0 Å². The van der Waals surface area contributed by atoms with Gasteiger partial charge in [0.05, 0.1) is 54.3 Å². The molecule has 3 aromatic rings. The summed E-state index contributed by atoms with van der Waals surface area (Å²) in [6, 6.07) is 1.91. The molecule has 4 unspecified atom stereocenters. The van der Waals surface area contributed by atoms with E-state index in [9.17, 15) is 32.3 Å². The summed E-state index contributed by atoms with van der Waals surface area (Å²) in [5.41, 5.74) is 2.91. The number of rotatable bonds is 14. The highest BCUT2D eigenvalue weighted by molar-refractivity contribution is 6.32. The van der Waals surface area contributed by atoms with E-state index >= 15 is 0 Å². The van der Waals surface area contributed by atoms with Gasteiger partial charge in [0.2, 0.25) is 5.91 Å². The number of carbonyl (C=O) groups excluding carboxylic acids is 4. The van der Waals surface area contributed by atoms with Crippen LogP contribution in [-0.2, 0) is 14.3 Å². The molecule has 1 fully saturated rings. The Balaban J connectivity index is 1.12. The van der Waals surface area contributed by atoms with Crippen LogP contribution in [-0.4, -0.2) is 98.9 Å². The van der Waals surface area contributed by atoms with E-state index in [2.05, 4.69) is 50.9 Å². The van der Waals surface area contributed by atoms with Crippen LogP contribution in [0.15, 0.2) is 77.2 Å². The summed E-state index contributed by atoms with van der Waals surface area (Å²) in [5.74, 6) is -0.164. The van der Waals surface area contributed by atoms with E-state index in [-0.39, 0.29) is 64.5 Å². The third-order valence-corrected chi connectivity index (χ3v) is 10.6. The Morgan fingerprint density at radius 2 is 1.80 bits per heavy atom. The van der Waals surface area contributed by atoms with Crippen molar-refractivity contribution in [2.75, 3.05) is 32.1 Å². The van der Waals surface area contributed by atoms with Crippen molar-refractivity contribution in [3.63, 3.8) is 0 Å². The zero-order valence-electron chi connectivity index (χ0n) is 33.3. The minimum absolute atomic E-state index is 0.0575. The number of alkyl carbamates (subject to hydrolysis) is 1. The van der Waals surface area contributed by atoms with Crippen LogP contribution in [0, 0.1) is 11.8 Å². The Hall–Kier alpha value is -5.95. The maximum Gasteiger partial charge on any atom is 0.523 e. The smallest absolute Gasteiger partial charge is 0.453 e. The molecule has 0 aromatic carbocycles. The first-order valence-corrected chi connectivity index (χ1v) is 19.7. The summed E-state index contributed by atoms with van der Waals surface area (Å²) >= 11 is 6.60. The number of H-pyrrole nitrogens is 2. The van der Waals surface area contributed by atoms with E-state index in [0.29, 0.717) is 61.0 Å². The quantitative estimate of drug-likeness (QED) is 0.106. The van der Waals surface area contributed by atoms with E-state index in [4.69, 9.17) is 16.3 Å². The van der Waals surface area contributed by atoms with Gasteiger partial charge >= 0.3 is 12.5 Å². The fourth-order valence-electron chi connectivity index (χ4n) is 7.27. The first-order valence-electron chi connectivity index (χ1n) is 19.3. The Kier molecular flexibility index (Phi) is 13.8. The number of aromatic nitrogens is 5. The van der Waals surface area contributed by atoms with Gasteiger partial charge in [-0.1, -0.05) is 44.5 Å². The van der Waals surface area contributed by atoms with Gasteiger partial charge in [0.1, 0.15) is 23.4 Å². The molecule has 4 amide bonds. The number of pyridine rings is 1. The van der Waals surface area contributed by atoms with Gasteiger partial charge in [-0.15, -0.1) is 13.2 Å². The first-order chi connectivity index (χ1) is 28.6. The molecular weight excluding hydrogens is 809 g/mol. The van der Waals surface area contributed by atoms with Crippen molar-refractivity contribution in [1.29, 1.82) is 0 Å². The Morgan fingerprint density at radius 1 is 1.03 bits per heavy atom. The predicted molar refractivity (Wildman–Crippen MR) is 214 cm³/mol. The van der Waals surface area contributed by atoms with Crippen LogP contribution in [0.2, 0.25) is 0 Å². The number of likely N-dealkylation sites (tertiary alicyclic amines) is 1. The Labute approximate surface area is 348 Å². The van der Waals surface area contributed by atoms with Gasteiger partial charge in [-0.2, -0.15) is 0 Å². The number of anilines is 1. The normalized spacial score (nSPS) is 19.9. The minimum Gasteiger partial charge on any atom is -0.453 e. The summed E-state index contributed by atoms with van der Waals surface area (Å²) in [4.78, 5) is 71.3. The monoisotopic (exact) mass is 854 g/mol. The standard InChI is InChI=1S/C40H46ClF3N10O6/c1-21(2)34(53-39(58)59-4)38(57)54-19-22(3)13-31(54)35-49-18-29(51-35)24-7-5-23(6-8-24)26-14-27(41)28(15-32(26)60-40(42,43)44)52-36(55)25-9-10-33(48-16-25)46-11-12-47-37(56)30-17-45-20-50-30/h5,7,9-10,14,16-18,20-22,31-32,34H,6,8,11-13,15,19H2,1-4H3,(H,45,50)(H,46,48)(H,47,56)(H,49,51)(H,52,55)(H,53,58). The highest BCUT2D eigenvalue weighted by Gasteiger charge is 2.41. The molecular formula is C40H46ClF3N10O6. The van der Waals surface area contributed by atoms with Crippen molar-refractivity contribution in [3.05, 3.63) is 99.9 Å². The number of alkyl halides is 3. The van der Waals surface area contributed by atoms with Crippen molar-refractivity contribution >= 4 is 46.8 Å². The highest BCUT2D eigenvalue weighted by atomic mass is 35.5. The Morgan fingerprint density at radius 3 is 2.45 bits per heavy atom. The molecule has 4 atom stereocenters. The summed E-state index contributed by atoms with van der Waals surface area (Å²) in [5, 5.41) is 11.1. The number of carbonyl (C=O) groups is 4. The lowest BCUT2D eigenvalue weighted by Crippen LogP contribution is -2.51. The van der Waals surface area contributed by atoms with Gasteiger partial charge in [0.25, 0.3) is 11.8 Å². The molecule has 0 saturated carbocycles. The van der Waals surface area contributed by atoms with Crippen molar-refractivity contribution < 1.29 is 41.8 Å². The highest BCUT2D eigenvalue weighted by Crippen LogP contribution is 2.40. The van der Waals surface area contributed by atoms with Gasteiger partial charge in [0, 0.05) is 37.9 Å².